The van der Waals surface area contributed by atoms with Crippen LogP contribution in [0, 0.1) is 0 Å². The van der Waals surface area contributed by atoms with Crippen LogP contribution in [-0.2, 0) is 0 Å². The highest BCUT2D eigenvalue weighted by Gasteiger charge is 2.20. The molecule has 244 valence electrons. The minimum absolute atomic E-state index is 0.869. The van der Waals surface area contributed by atoms with E-state index in [0.29, 0.717) is 0 Å². The molecule has 0 aliphatic heterocycles. The SMILES string of the molecule is c1ccc(-c2ccc(N(c3ccc(-c4cccc5c4c(-c4ccccc4)cc4ccccc45)cc3)c3cccc4c3oc3ccccc34)cc2)cc1. The summed E-state index contributed by atoms with van der Waals surface area (Å²) >= 11 is 0. The Labute approximate surface area is 302 Å². The van der Waals surface area contributed by atoms with Crippen molar-refractivity contribution in [1.82, 2.24) is 0 Å². The molecule has 0 bridgehead atoms. The molecule has 0 aliphatic rings. The fourth-order valence-corrected chi connectivity index (χ4v) is 7.81. The third kappa shape index (κ3) is 5.04. The van der Waals surface area contributed by atoms with Crippen molar-refractivity contribution in [2.75, 3.05) is 4.90 Å². The fraction of sp³-hybridized carbons (Fsp3) is 0. The summed E-state index contributed by atoms with van der Waals surface area (Å²) in [6.45, 7) is 0. The van der Waals surface area contributed by atoms with Gasteiger partial charge < -0.3 is 9.32 Å². The maximum absolute atomic E-state index is 6.59. The first kappa shape index (κ1) is 30.0. The Morgan fingerprint density at radius 3 is 1.63 bits per heavy atom. The molecule has 1 aromatic heterocycles. The van der Waals surface area contributed by atoms with E-state index in [0.717, 1.165) is 39.0 Å². The van der Waals surface area contributed by atoms with Crippen LogP contribution in [0.2, 0.25) is 0 Å². The summed E-state index contributed by atoms with van der Waals surface area (Å²) in [5.74, 6) is 0. The van der Waals surface area contributed by atoms with E-state index in [1.165, 1.54) is 54.9 Å². The molecule has 0 spiro atoms. The Morgan fingerprint density at radius 2 is 0.885 bits per heavy atom. The summed E-state index contributed by atoms with van der Waals surface area (Å²) < 4.78 is 6.59. The molecule has 10 rings (SSSR count). The van der Waals surface area contributed by atoms with Gasteiger partial charge in [-0.1, -0.05) is 158 Å². The summed E-state index contributed by atoms with van der Waals surface area (Å²) in [6.07, 6.45) is 0. The van der Waals surface area contributed by atoms with Crippen LogP contribution >= 0.6 is 0 Å². The minimum atomic E-state index is 0.869. The Kier molecular flexibility index (Phi) is 7.18. The molecule has 0 saturated heterocycles. The highest BCUT2D eigenvalue weighted by molar-refractivity contribution is 6.18. The van der Waals surface area contributed by atoms with Crippen LogP contribution in [0.1, 0.15) is 0 Å². The quantitative estimate of drug-likeness (QED) is 0.165. The zero-order valence-corrected chi connectivity index (χ0v) is 28.4. The highest BCUT2D eigenvalue weighted by atomic mass is 16.3. The van der Waals surface area contributed by atoms with Crippen molar-refractivity contribution in [1.29, 1.82) is 0 Å². The Bertz CT molecular complexity index is 2870. The van der Waals surface area contributed by atoms with Gasteiger partial charge in [0, 0.05) is 22.1 Å². The van der Waals surface area contributed by atoms with E-state index >= 15 is 0 Å². The molecule has 0 unspecified atom stereocenters. The Morgan fingerprint density at radius 1 is 0.346 bits per heavy atom. The Balaban J connectivity index is 1.15. The van der Waals surface area contributed by atoms with E-state index in [9.17, 15) is 0 Å². The van der Waals surface area contributed by atoms with E-state index < -0.39 is 0 Å². The molecule has 52 heavy (non-hydrogen) atoms. The lowest BCUT2D eigenvalue weighted by Crippen LogP contribution is -2.10. The van der Waals surface area contributed by atoms with Crippen LogP contribution in [-0.4, -0.2) is 0 Å². The van der Waals surface area contributed by atoms with Crippen molar-refractivity contribution in [2.45, 2.75) is 0 Å². The summed E-state index contributed by atoms with van der Waals surface area (Å²) in [6, 6.07) is 71.6. The summed E-state index contributed by atoms with van der Waals surface area (Å²) in [7, 11) is 0. The third-order valence-corrected chi connectivity index (χ3v) is 10.3. The molecule has 0 aliphatic carbocycles. The maximum atomic E-state index is 6.59. The first-order chi connectivity index (χ1) is 25.8. The number of benzene rings is 9. The van der Waals surface area contributed by atoms with E-state index in [1.54, 1.807) is 0 Å². The molecule has 0 fully saturated rings. The molecule has 2 heteroatoms. The summed E-state index contributed by atoms with van der Waals surface area (Å²) in [5, 5.41) is 7.25. The predicted octanol–water partition coefficient (Wildman–Crippen LogP) is 14.4. The predicted molar refractivity (Wildman–Crippen MR) is 220 cm³/mol. The Hall–Kier alpha value is -6.90. The summed E-state index contributed by atoms with van der Waals surface area (Å²) in [5.41, 5.74) is 12.1. The largest absolute Gasteiger partial charge is 0.454 e. The molecular weight excluding hydrogens is 631 g/mol. The van der Waals surface area contributed by atoms with Gasteiger partial charge in [0.25, 0.3) is 0 Å². The molecule has 10 aromatic rings. The van der Waals surface area contributed by atoms with Crippen LogP contribution in [0.4, 0.5) is 17.1 Å². The van der Waals surface area contributed by atoms with Gasteiger partial charge in [-0.2, -0.15) is 0 Å². The van der Waals surface area contributed by atoms with Crippen molar-refractivity contribution in [2.24, 2.45) is 0 Å². The van der Waals surface area contributed by atoms with Crippen LogP contribution in [0.25, 0.3) is 76.9 Å². The van der Waals surface area contributed by atoms with Crippen molar-refractivity contribution >= 4 is 60.5 Å². The number of furan rings is 1. The topological polar surface area (TPSA) is 16.4 Å². The van der Waals surface area contributed by atoms with E-state index in [4.69, 9.17) is 4.42 Å². The van der Waals surface area contributed by atoms with E-state index in [1.807, 2.05) is 12.1 Å². The van der Waals surface area contributed by atoms with Gasteiger partial charge in [0.15, 0.2) is 5.58 Å². The molecule has 0 radical (unpaired) electrons. The van der Waals surface area contributed by atoms with Crippen LogP contribution in [0.15, 0.2) is 205 Å². The lowest BCUT2D eigenvalue weighted by Gasteiger charge is -2.26. The van der Waals surface area contributed by atoms with Crippen LogP contribution < -0.4 is 4.90 Å². The average Bonchev–Trinajstić information content (AvgIpc) is 3.61. The maximum Gasteiger partial charge on any atom is 0.159 e. The monoisotopic (exact) mass is 663 g/mol. The van der Waals surface area contributed by atoms with E-state index in [-0.39, 0.29) is 0 Å². The van der Waals surface area contributed by atoms with Gasteiger partial charge in [0.1, 0.15) is 5.58 Å². The minimum Gasteiger partial charge on any atom is -0.454 e. The summed E-state index contributed by atoms with van der Waals surface area (Å²) in [4.78, 5) is 2.31. The van der Waals surface area contributed by atoms with Gasteiger partial charge in [-0.25, -0.2) is 0 Å². The van der Waals surface area contributed by atoms with Crippen LogP contribution in [0.5, 0.6) is 0 Å². The number of nitrogens with zero attached hydrogens (tertiary/aromatic N) is 1. The highest BCUT2D eigenvalue weighted by Crippen LogP contribution is 2.44. The first-order valence-corrected chi connectivity index (χ1v) is 17.8. The molecule has 0 amide bonds. The number of rotatable bonds is 6. The number of hydrogen-bond acceptors (Lipinski definition) is 2. The number of fused-ring (bicyclic) bond motifs is 6. The second-order valence-corrected chi connectivity index (χ2v) is 13.3. The third-order valence-electron chi connectivity index (χ3n) is 10.3. The molecule has 2 nitrogen and oxygen atoms in total. The molecule has 9 aromatic carbocycles. The van der Waals surface area contributed by atoms with Crippen molar-refractivity contribution in [3.8, 4) is 33.4 Å². The zero-order valence-electron chi connectivity index (χ0n) is 28.4. The normalized spacial score (nSPS) is 11.5. The fourth-order valence-electron chi connectivity index (χ4n) is 7.81. The van der Waals surface area contributed by atoms with Gasteiger partial charge in [0.05, 0.1) is 5.69 Å². The molecule has 0 N–H and O–H groups in total. The molecular formula is C50H33NO. The second kappa shape index (κ2) is 12.5. The van der Waals surface area contributed by atoms with Crippen molar-refractivity contribution in [3.63, 3.8) is 0 Å². The zero-order chi connectivity index (χ0) is 34.4. The van der Waals surface area contributed by atoms with Crippen molar-refractivity contribution in [3.05, 3.63) is 200 Å². The van der Waals surface area contributed by atoms with Gasteiger partial charge in [-0.05, 0) is 97.4 Å². The van der Waals surface area contributed by atoms with E-state index in [2.05, 4.69) is 193 Å². The number of anilines is 3. The van der Waals surface area contributed by atoms with Gasteiger partial charge in [0.2, 0.25) is 0 Å². The second-order valence-electron chi connectivity index (χ2n) is 13.3. The average molecular weight is 664 g/mol. The lowest BCUT2D eigenvalue weighted by molar-refractivity contribution is 0.669. The smallest absolute Gasteiger partial charge is 0.159 e. The lowest BCUT2D eigenvalue weighted by atomic mass is 9.88. The van der Waals surface area contributed by atoms with Gasteiger partial charge in [-0.15, -0.1) is 0 Å². The van der Waals surface area contributed by atoms with Crippen LogP contribution in [0.3, 0.4) is 0 Å². The molecule has 0 saturated carbocycles. The molecule has 1 heterocycles. The standard InChI is InChI=1S/C50H33NO/c1-3-13-34(14-4-1)35-25-29-39(30-26-35)51(47-23-12-22-45-43-19-9-10-24-48(43)52-50(45)47)40-31-27-37(28-32-40)42-20-11-21-44-41-18-8-7-17-38(41)33-46(49(42)44)36-15-5-2-6-16-36/h1-33H. The molecule has 0 atom stereocenters. The number of para-hydroxylation sites is 2. The van der Waals surface area contributed by atoms with Crippen molar-refractivity contribution < 1.29 is 4.42 Å². The number of hydrogen-bond donors (Lipinski definition) is 0. The van der Waals surface area contributed by atoms with Gasteiger partial charge in [-0.3, -0.25) is 0 Å². The first-order valence-electron chi connectivity index (χ1n) is 17.8. The van der Waals surface area contributed by atoms with Gasteiger partial charge >= 0.3 is 0 Å².